The van der Waals surface area contributed by atoms with Crippen molar-refractivity contribution in [3.8, 4) is 0 Å². The summed E-state index contributed by atoms with van der Waals surface area (Å²) in [5.74, 6) is -1.96. The SMILES string of the molecule is C=CC[C@@H]1C[C@]2(CC=C)C(=O)/C(=C(\O)c3ccccc3)C(=O)[C@@](CC=C(C)C)(C2=O)C1(C)C. The minimum atomic E-state index is -1.47. The van der Waals surface area contributed by atoms with E-state index >= 15 is 0 Å². The lowest BCUT2D eigenvalue weighted by Crippen LogP contribution is -2.69. The summed E-state index contributed by atoms with van der Waals surface area (Å²) in [6, 6.07) is 8.58. The summed E-state index contributed by atoms with van der Waals surface area (Å²) < 4.78 is 0. The van der Waals surface area contributed by atoms with Gasteiger partial charge >= 0.3 is 0 Å². The molecule has 0 spiro atoms. The van der Waals surface area contributed by atoms with Crippen LogP contribution >= 0.6 is 0 Å². The predicted octanol–water partition coefficient (Wildman–Crippen LogP) is 6.20. The van der Waals surface area contributed by atoms with Gasteiger partial charge in [-0.15, -0.1) is 13.2 Å². The zero-order valence-corrected chi connectivity index (χ0v) is 20.1. The lowest BCUT2D eigenvalue weighted by Gasteiger charge is -2.60. The highest BCUT2D eigenvalue weighted by molar-refractivity contribution is 6.41. The summed E-state index contributed by atoms with van der Waals surface area (Å²) in [6.07, 6.45) is 6.47. The van der Waals surface area contributed by atoms with Crippen LogP contribution in [0, 0.1) is 22.2 Å². The van der Waals surface area contributed by atoms with Crippen LogP contribution in [0.25, 0.3) is 5.76 Å². The maximum atomic E-state index is 14.3. The van der Waals surface area contributed by atoms with Crippen molar-refractivity contribution in [3.63, 3.8) is 0 Å². The number of aliphatic hydroxyl groups excluding tert-OH is 1. The van der Waals surface area contributed by atoms with Crippen LogP contribution in [0.2, 0.25) is 0 Å². The number of hydrogen-bond acceptors (Lipinski definition) is 4. The second kappa shape index (κ2) is 8.74. The van der Waals surface area contributed by atoms with Crippen LogP contribution in [0.4, 0.5) is 0 Å². The molecule has 0 saturated heterocycles. The molecule has 1 N–H and O–H groups in total. The molecule has 2 aliphatic rings. The molecule has 4 nitrogen and oxygen atoms in total. The maximum absolute atomic E-state index is 14.3. The Morgan fingerprint density at radius 1 is 1.03 bits per heavy atom. The minimum Gasteiger partial charge on any atom is -0.506 e. The minimum absolute atomic E-state index is 0.105. The average molecular weight is 447 g/mol. The zero-order chi connectivity index (χ0) is 24.6. The summed E-state index contributed by atoms with van der Waals surface area (Å²) in [4.78, 5) is 42.5. The molecule has 174 valence electrons. The molecule has 1 aromatic rings. The van der Waals surface area contributed by atoms with E-state index in [0.29, 0.717) is 18.4 Å². The Kier molecular flexibility index (Phi) is 6.52. The molecule has 0 heterocycles. The fraction of sp³-hybridized carbons (Fsp3) is 0.414. The number of aliphatic hydroxyl groups is 1. The van der Waals surface area contributed by atoms with Gasteiger partial charge < -0.3 is 5.11 Å². The van der Waals surface area contributed by atoms with Gasteiger partial charge in [0.1, 0.15) is 16.7 Å². The Morgan fingerprint density at radius 3 is 2.21 bits per heavy atom. The summed E-state index contributed by atoms with van der Waals surface area (Å²) in [5.41, 5.74) is -2.54. The molecule has 0 aromatic heterocycles. The Hall–Kier alpha value is -3.01. The molecule has 0 aliphatic heterocycles. The highest BCUT2D eigenvalue weighted by Gasteiger charge is 2.73. The van der Waals surface area contributed by atoms with Crippen molar-refractivity contribution in [2.75, 3.05) is 0 Å². The van der Waals surface area contributed by atoms with E-state index in [2.05, 4.69) is 13.2 Å². The first-order chi connectivity index (χ1) is 15.5. The largest absolute Gasteiger partial charge is 0.506 e. The van der Waals surface area contributed by atoms with Crippen molar-refractivity contribution in [2.45, 2.75) is 53.4 Å². The van der Waals surface area contributed by atoms with Crippen LogP contribution in [0.1, 0.15) is 58.9 Å². The Morgan fingerprint density at radius 2 is 1.67 bits per heavy atom. The molecule has 3 atom stereocenters. The monoisotopic (exact) mass is 446 g/mol. The number of fused-ring (bicyclic) bond motifs is 2. The van der Waals surface area contributed by atoms with E-state index in [9.17, 15) is 19.5 Å². The molecule has 4 heteroatoms. The van der Waals surface area contributed by atoms with Crippen LogP contribution < -0.4 is 0 Å². The maximum Gasteiger partial charge on any atom is 0.184 e. The van der Waals surface area contributed by atoms with E-state index in [1.54, 1.807) is 42.5 Å². The first-order valence-electron chi connectivity index (χ1n) is 11.5. The first kappa shape index (κ1) is 24.6. The highest BCUT2D eigenvalue weighted by Crippen LogP contribution is 2.65. The summed E-state index contributed by atoms with van der Waals surface area (Å²) in [7, 11) is 0. The van der Waals surface area contributed by atoms with Crippen LogP contribution in [0.5, 0.6) is 0 Å². The van der Waals surface area contributed by atoms with Crippen molar-refractivity contribution in [1.82, 2.24) is 0 Å². The first-order valence-corrected chi connectivity index (χ1v) is 11.5. The molecule has 0 radical (unpaired) electrons. The molecule has 2 aliphatic carbocycles. The number of carbonyl (C=O) groups excluding carboxylic acids is 3. The third-order valence-corrected chi connectivity index (χ3v) is 7.86. The molecule has 0 amide bonds. The fourth-order valence-corrected chi connectivity index (χ4v) is 5.82. The predicted molar refractivity (Wildman–Crippen MR) is 131 cm³/mol. The number of carbonyl (C=O) groups is 3. The van der Waals surface area contributed by atoms with Crippen LogP contribution in [0.3, 0.4) is 0 Å². The molecule has 2 fully saturated rings. The molecular weight excluding hydrogens is 412 g/mol. The van der Waals surface area contributed by atoms with E-state index in [0.717, 1.165) is 5.57 Å². The average Bonchev–Trinajstić information content (AvgIpc) is 2.77. The molecule has 3 rings (SSSR count). The number of ketones is 3. The van der Waals surface area contributed by atoms with Gasteiger partial charge in [-0.1, -0.05) is 68.0 Å². The standard InChI is InChI=1S/C29H34O4/c1-7-12-21-18-28(16-8-2)24(31)22(23(30)20-13-10-9-11-14-20)25(32)29(26(28)33,27(21,5)6)17-15-19(3)4/h7-11,13-15,21,30H,1-2,12,16-18H2,3-6H3/b23-22+/t21-,28-,29+/m1/s1. The number of Topliss-reactive ketones (excluding diaryl/α,β-unsaturated/α-hetero) is 3. The number of rotatable bonds is 7. The highest BCUT2D eigenvalue weighted by atomic mass is 16.3. The van der Waals surface area contributed by atoms with Crippen molar-refractivity contribution >= 4 is 23.1 Å². The van der Waals surface area contributed by atoms with Crippen molar-refractivity contribution in [3.05, 3.63) is 78.4 Å². The zero-order valence-electron chi connectivity index (χ0n) is 20.1. The molecular formula is C29H34O4. The van der Waals surface area contributed by atoms with Gasteiger partial charge in [-0.05, 0) is 50.9 Å². The van der Waals surface area contributed by atoms with Crippen molar-refractivity contribution in [2.24, 2.45) is 22.2 Å². The van der Waals surface area contributed by atoms with Gasteiger partial charge in [-0.3, -0.25) is 14.4 Å². The Bertz CT molecular complexity index is 1070. The quantitative estimate of drug-likeness (QED) is 0.178. The number of benzene rings is 1. The van der Waals surface area contributed by atoms with E-state index in [4.69, 9.17) is 0 Å². The second-order valence-corrected chi connectivity index (χ2v) is 10.2. The van der Waals surface area contributed by atoms with Gasteiger partial charge in [0, 0.05) is 5.56 Å². The van der Waals surface area contributed by atoms with Gasteiger partial charge in [0.15, 0.2) is 17.3 Å². The molecule has 1 aromatic carbocycles. The van der Waals surface area contributed by atoms with E-state index in [1.807, 2.05) is 33.8 Å². The lowest BCUT2D eigenvalue weighted by atomic mass is 9.39. The van der Waals surface area contributed by atoms with Crippen molar-refractivity contribution < 1.29 is 19.5 Å². The topological polar surface area (TPSA) is 71.4 Å². The summed E-state index contributed by atoms with van der Waals surface area (Å²) >= 11 is 0. The lowest BCUT2D eigenvalue weighted by molar-refractivity contribution is -0.176. The molecule has 2 saturated carbocycles. The Balaban J connectivity index is 2.42. The smallest absolute Gasteiger partial charge is 0.184 e. The van der Waals surface area contributed by atoms with Crippen LogP contribution in [-0.2, 0) is 14.4 Å². The fourth-order valence-electron chi connectivity index (χ4n) is 5.82. The van der Waals surface area contributed by atoms with Gasteiger partial charge in [0.05, 0.1) is 5.41 Å². The number of allylic oxidation sites excluding steroid dienone is 5. The third kappa shape index (κ3) is 3.47. The number of hydrogen-bond donors (Lipinski definition) is 1. The summed E-state index contributed by atoms with van der Waals surface area (Å²) in [6.45, 7) is 15.4. The molecule has 33 heavy (non-hydrogen) atoms. The second-order valence-electron chi connectivity index (χ2n) is 10.2. The van der Waals surface area contributed by atoms with Gasteiger partial charge in [-0.2, -0.15) is 0 Å². The third-order valence-electron chi connectivity index (χ3n) is 7.86. The normalized spacial score (nSPS) is 29.9. The molecule has 0 unspecified atom stereocenters. The van der Waals surface area contributed by atoms with Gasteiger partial charge in [0.25, 0.3) is 0 Å². The van der Waals surface area contributed by atoms with Gasteiger partial charge in [0.2, 0.25) is 0 Å². The van der Waals surface area contributed by atoms with E-state index in [1.165, 1.54) is 0 Å². The van der Waals surface area contributed by atoms with Gasteiger partial charge in [-0.25, -0.2) is 0 Å². The van der Waals surface area contributed by atoms with Crippen LogP contribution in [0.15, 0.2) is 72.9 Å². The van der Waals surface area contributed by atoms with E-state index < -0.39 is 27.8 Å². The van der Waals surface area contributed by atoms with Crippen molar-refractivity contribution in [1.29, 1.82) is 0 Å². The summed E-state index contributed by atoms with van der Waals surface area (Å²) in [5, 5.41) is 11.2. The van der Waals surface area contributed by atoms with E-state index in [-0.39, 0.29) is 35.9 Å². The Labute approximate surface area is 196 Å². The van der Waals surface area contributed by atoms with Crippen LogP contribution in [-0.4, -0.2) is 22.5 Å². The molecule has 2 bridgehead atoms.